The zero-order valence-electron chi connectivity index (χ0n) is 8.85. The maximum Gasteiger partial charge on any atom is 0.300 e. The first-order chi connectivity index (χ1) is 7.36. The Balaban J connectivity index is 1.76. The molecule has 0 fully saturated rings. The lowest BCUT2D eigenvalue weighted by Gasteiger charge is -2.05. The van der Waals surface area contributed by atoms with Gasteiger partial charge in [-0.05, 0) is 12.1 Å². The van der Waals surface area contributed by atoms with E-state index in [2.05, 4.69) is 22.4 Å². The Morgan fingerprint density at radius 2 is 2.07 bits per heavy atom. The molecule has 0 aromatic heterocycles. The molecule has 0 atom stereocenters. The normalized spacial score (nSPS) is 14.2. The third kappa shape index (κ3) is 2.59. The highest BCUT2D eigenvalue weighted by Crippen LogP contribution is 2.05. The van der Waals surface area contributed by atoms with Gasteiger partial charge in [-0.3, -0.25) is 0 Å². The van der Waals surface area contributed by atoms with Crippen molar-refractivity contribution in [3.63, 3.8) is 0 Å². The van der Waals surface area contributed by atoms with Crippen molar-refractivity contribution >= 4 is 11.5 Å². The Hall–Kier alpha value is -1.77. The number of amidine groups is 1. The molecule has 0 unspecified atom stereocenters. The summed E-state index contributed by atoms with van der Waals surface area (Å²) >= 11 is 0. The summed E-state index contributed by atoms with van der Waals surface area (Å²) in [5.41, 5.74) is 1.16. The first-order valence-corrected chi connectivity index (χ1v) is 5.11. The maximum absolute atomic E-state index is 4.27. The van der Waals surface area contributed by atoms with Crippen LogP contribution in [-0.4, -0.2) is 24.3 Å². The van der Waals surface area contributed by atoms with Gasteiger partial charge in [0, 0.05) is 12.2 Å². The van der Waals surface area contributed by atoms with Crippen molar-refractivity contribution in [3.05, 3.63) is 42.7 Å². The molecule has 1 radical (unpaired) electrons. The van der Waals surface area contributed by atoms with Gasteiger partial charge in [0.2, 0.25) is 0 Å². The molecule has 3 heteroatoms. The molecule has 0 amide bonds. The van der Waals surface area contributed by atoms with Gasteiger partial charge in [0.25, 0.3) is 5.84 Å². The van der Waals surface area contributed by atoms with E-state index >= 15 is 0 Å². The summed E-state index contributed by atoms with van der Waals surface area (Å²) in [6.07, 6.45) is 4.74. The van der Waals surface area contributed by atoms with E-state index in [0.717, 1.165) is 24.5 Å². The minimum Gasteiger partial charge on any atom is -0.384 e. The fraction of sp³-hybridized carbons (Fsp3) is 0.250. The Bertz CT molecular complexity index is 368. The molecule has 0 bridgehead atoms. The molecule has 1 N–H and O–H groups in total. The van der Waals surface area contributed by atoms with Crippen molar-refractivity contribution < 1.29 is 0 Å². The Morgan fingerprint density at radius 3 is 2.73 bits per heavy atom. The summed E-state index contributed by atoms with van der Waals surface area (Å²) in [6.45, 7) is 0.912. The minimum absolute atomic E-state index is 0.912. The number of rotatable bonds is 4. The molecule has 1 heterocycles. The fourth-order valence-corrected chi connectivity index (χ4v) is 1.51. The van der Waals surface area contributed by atoms with Gasteiger partial charge in [-0.25, -0.2) is 4.90 Å². The Morgan fingerprint density at radius 1 is 1.27 bits per heavy atom. The van der Waals surface area contributed by atoms with Crippen LogP contribution in [0.3, 0.4) is 0 Å². The molecule has 15 heavy (non-hydrogen) atoms. The highest BCUT2D eigenvalue weighted by molar-refractivity contribution is 5.84. The van der Waals surface area contributed by atoms with Gasteiger partial charge >= 0.3 is 0 Å². The second kappa shape index (κ2) is 4.64. The molecule has 1 aliphatic rings. The summed E-state index contributed by atoms with van der Waals surface area (Å²) in [4.78, 5) is 6.32. The Kier molecular flexibility index (Phi) is 3.02. The highest BCUT2D eigenvalue weighted by Gasteiger charge is 2.17. The van der Waals surface area contributed by atoms with E-state index in [9.17, 15) is 0 Å². The smallest absolute Gasteiger partial charge is 0.300 e. The van der Waals surface area contributed by atoms with Crippen LogP contribution in [0.4, 0.5) is 5.69 Å². The highest BCUT2D eigenvalue weighted by atomic mass is 15.2. The van der Waals surface area contributed by atoms with Crippen LogP contribution in [0.5, 0.6) is 0 Å². The fourth-order valence-electron chi connectivity index (χ4n) is 1.51. The van der Waals surface area contributed by atoms with Crippen molar-refractivity contribution in [2.75, 3.05) is 18.9 Å². The van der Waals surface area contributed by atoms with E-state index in [1.807, 2.05) is 42.5 Å². The van der Waals surface area contributed by atoms with Gasteiger partial charge in [-0.15, -0.1) is 0 Å². The number of anilines is 1. The van der Waals surface area contributed by atoms with Gasteiger partial charge in [-0.1, -0.05) is 23.2 Å². The van der Waals surface area contributed by atoms with Crippen LogP contribution in [0, 0.1) is 0 Å². The van der Waals surface area contributed by atoms with Gasteiger partial charge in [0.05, 0.1) is 13.5 Å². The molecular formula is C12H15N3+. The number of nitrogens with zero attached hydrogens (tertiary/aromatic N) is 2. The largest absolute Gasteiger partial charge is 0.384 e. The number of hydrogen-bond acceptors (Lipinski definition) is 3. The Labute approximate surface area is 90.1 Å². The lowest BCUT2D eigenvalue weighted by molar-refractivity contribution is 0.681. The molecule has 3 nitrogen and oxygen atoms in total. The standard InChI is InChI=1S/C12H15N3/c1-15-10-9-14-12(15)7-8-13-11-5-3-2-4-6-11/h2-6,9-10,13H,7-8H2,1H3/q+1. The quantitative estimate of drug-likeness (QED) is 0.802. The van der Waals surface area contributed by atoms with Crippen molar-refractivity contribution in [2.24, 2.45) is 0 Å². The van der Waals surface area contributed by atoms with Gasteiger partial charge in [-0.2, -0.15) is 0 Å². The molecule has 2 rings (SSSR count). The molecule has 0 saturated heterocycles. The zero-order chi connectivity index (χ0) is 10.5. The lowest BCUT2D eigenvalue weighted by atomic mass is 10.3. The van der Waals surface area contributed by atoms with Crippen LogP contribution in [0.2, 0.25) is 0 Å². The number of benzene rings is 1. The monoisotopic (exact) mass is 201 g/mol. The van der Waals surface area contributed by atoms with Crippen molar-refractivity contribution in [1.29, 1.82) is 0 Å². The van der Waals surface area contributed by atoms with E-state index in [0.29, 0.717) is 0 Å². The topological polar surface area (TPSA) is 29.4 Å². The number of hydrogen-bond donors (Lipinski definition) is 1. The third-order valence-electron chi connectivity index (χ3n) is 2.37. The second-order valence-corrected chi connectivity index (χ2v) is 3.50. The molecule has 1 aromatic carbocycles. The average Bonchev–Trinajstić information content (AvgIpc) is 2.66. The minimum atomic E-state index is 0.912. The molecule has 1 aromatic rings. The van der Waals surface area contributed by atoms with E-state index < -0.39 is 0 Å². The van der Waals surface area contributed by atoms with Crippen LogP contribution >= 0.6 is 0 Å². The van der Waals surface area contributed by atoms with E-state index in [-0.39, 0.29) is 0 Å². The van der Waals surface area contributed by atoms with E-state index in [1.165, 1.54) is 0 Å². The SMILES string of the molecule is CN1C=C[N+]=C1CCNc1ccccc1. The molecule has 0 saturated carbocycles. The van der Waals surface area contributed by atoms with Crippen molar-refractivity contribution in [2.45, 2.75) is 6.42 Å². The first-order valence-electron chi connectivity index (χ1n) is 5.11. The predicted octanol–water partition coefficient (Wildman–Crippen LogP) is 1.64. The summed E-state index contributed by atoms with van der Waals surface area (Å²) in [7, 11) is 2.02. The molecular weight excluding hydrogens is 186 g/mol. The summed E-state index contributed by atoms with van der Waals surface area (Å²) in [6, 6.07) is 10.2. The van der Waals surface area contributed by atoms with Gasteiger partial charge in [0.1, 0.15) is 6.20 Å². The first kappa shape index (κ1) is 9.77. The van der Waals surface area contributed by atoms with Gasteiger partial charge < -0.3 is 5.32 Å². The molecule has 0 spiro atoms. The zero-order valence-corrected chi connectivity index (χ0v) is 8.85. The molecule has 1 aliphatic heterocycles. The molecule has 0 aliphatic carbocycles. The van der Waals surface area contributed by atoms with Crippen LogP contribution < -0.4 is 10.3 Å². The third-order valence-corrected chi connectivity index (χ3v) is 2.37. The van der Waals surface area contributed by atoms with Crippen molar-refractivity contribution in [3.8, 4) is 0 Å². The summed E-state index contributed by atoms with van der Waals surface area (Å²) < 4.78 is 0. The summed E-state index contributed by atoms with van der Waals surface area (Å²) in [5, 5.41) is 3.36. The number of nitrogens with one attached hydrogen (secondary N) is 1. The maximum atomic E-state index is 4.27. The number of para-hydroxylation sites is 1. The van der Waals surface area contributed by atoms with Crippen LogP contribution in [0.15, 0.2) is 42.7 Å². The van der Waals surface area contributed by atoms with Gasteiger partial charge in [0.15, 0.2) is 6.20 Å². The summed E-state index contributed by atoms with van der Waals surface area (Å²) in [5.74, 6) is 1.11. The van der Waals surface area contributed by atoms with Crippen LogP contribution in [0.1, 0.15) is 6.42 Å². The van der Waals surface area contributed by atoms with E-state index in [1.54, 1.807) is 0 Å². The van der Waals surface area contributed by atoms with Crippen molar-refractivity contribution in [1.82, 2.24) is 9.89 Å². The van der Waals surface area contributed by atoms with E-state index in [4.69, 9.17) is 0 Å². The predicted molar refractivity (Wildman–Crippen MR) is 63.6 cm³/mol. The van der Waals surface area contributed by atoms with Crippen LogP contribution in [0.25, 0.3) is 0 Å². The lowest BCUT2D eigenvalue weighted by Crippen LogP contribution is -2.23. The average molecular weight is 201 g/mol. The number of aliphatic imine (C=N–C) groups is 1. The van der Waals surface area contributed by atoms with Crippen LogP contribution in [-0.2, 0) is 0 Å². The molecule has 77 valence electrons. The second-order valence-electron chi connectivity index (χ2n) is 3.50.